The summed E-state index contributed by atoms with van der Waals surface area (Å²) in [5.74, 6) is 0. The molecule has 9 rings (SSSR count). The Morgan fingerprint density at radius 3 is 1.59 bits per heavy atom. The molecule has 0 radical (unpaired) electrons. The number of aryl methyl sites for hydroxylation is 2. The topological polar surface area (TPSA) is 6.48 Å². The van der Waals surface area contributed by atoms with E-state index in [1.807, 2.05) is 0 Å². The van der Waals surface area contributed by atoms with Crippen LogP contribution in [0.1, 0.15) is 36.8 Å². The SMILES string of the molecule is c1cc2c3c(c1)N1CCCCc4c1c(cc1ccccc41)B3c1cc3ccccc3c3c1N2CCCC3. The first-order valence-electron chi connectivity index (χ1n) is 14.2. The summed E-state index contributed by atoms with van der Waals surface area (Å²) in [6.07, 6.45) is 7.34. The lowest BCUT2D eigenvalue weighted by Crippen LogP contribution is -2.62. The van der Waals surface area contributed by atoms with Gasteiger partial charge >= 0.3 is 0 Å². The molecule has 5 aromatic carbocycles. The number of fused-ring (bicyclic) bond motifs is 8. The molecule has 4 heterocycles. The lowest BCUT2D eigenvalue weighted by atomic mass is 9.33. The van der Waals surface area contributed by atoms with E-state index in [0.29, 0.717) is 0 Å². The number of anilines is 4. The van der Waals surface area contributed by atoms with E-state index in [-0.39, 0.29) is 6.71 Å². The maximum absolute atomic E-state index is 2.70. The molecule has 0 bridgehead atoms. The third-order valence-corrected chi connectivity index (χ3v) is 9.52. The summed E-state index contributed by atoms with van der Waals surface area (Å²) in [5, 5.41) is 5.69. The van der Waals surface area contributed by atoms with Gasteiger partial charge in [0.05, 0.1) is 0 Å². The van der Waals surface area contributed by atoms with Crippen LogP contribution in [0.3, 0.4) is 0 Å². The highest BCUT2D eigenvalue weighted by molar-refractivity contribution is 7.00. The summed E-state index contributed by atoms with van der Waals surface area (Å²) in [6, 6.07) is 30.5. The quantitative estimate of drug-likeness (QED) is 0.250. The minimum Gasteiger partial charge on any atom is -0.342 e. The van der Waals surface area contributed by atoms with Gasteiger partial charge in [-0.25, -0.2) is 0 Å². The van der Waals surface area contributed by atoms with E-state index < -0.39 is 0 Å². The van der Waals surface area contributed by atoms with Crippen molar-refractivity contribution in [1.82, 2.24) is 0 Å². The Morgan fingerprint density at radius 2 is 1.05 bits per heavy atom. The molecular formula is C34H29BN2. The summed E-state index contributed by atoms with van der Waals surface area (Å²) < 4.78 is 0. The van der Waals surface area contributed by atoms with Crippen molar-refractivity contribution < 1.29 is 0 Å². The van der Waals surface area contributed by atoms with E-state index in [4.69, 9.17) is 0 Å². The predicted molar refractivity (Wildman–Crippen MR) is 159 cm³/mol. The van der Waals surface area contributed by atoms with E-state index in [2.05, 4.69) is 88.7 Å². The Morgan fingerprint density at radius 1 is 0.541 bits per heavy atom. The third-order valence-electron chi connectivity index (χ3n) is 9.52. The molecule has 0 N–H and O–H groups in total. The molecule has 0 saturated carbocycles. The van der Waals surface area contributed by atoms with Crippen LogP contribution in [0.2, 0.25) is 0 Å². The maximum Gasteiger partial charge on any atom is 0.252 e. The van der Waals surface area contributed by atoms with Crippen LogP contribution in [0.4, 0.5) is 22.7 Å². The fourth-order valence-electron chi connectivity index (χ4n) is 8.09. The van der Waals surface area contributed by atoms with Crippen LogP contribution < -0.4 is 26.2 Å². The van der Waals surface area contributed by atoms with Crippen LogP contribution in [-0.4, -0.2) is 19.8 Å². The van der Waals surface area contributed by atoms with Crippen LogP contribution in [-0.2, 0) is 12.8 Å². The zero-order valence-electron chi connectivity index (χ0n) is 21.1. The first-order chi connectivity index (χ1) is 18.4. The number of nitrogens with zero attached hydrogens (tertiary/aromatic N) is 2. The first-order valence-corrected chi connectivity index (χ1v) is 14.2. The molecule has 5 aromatic rings. The fraction of sp³-hybridized carbons (Fsp3) is 0.235. The van der Waals surface area contributed by atoms with Gasteiger partial charge in [0, 0.05) is 35.8 Å². The molecule has 0 aliphatic carbocycles. The normalized spacial score (nSPS) is 17.2. The van der Waals surface area contributed by atoms with Crippen LogP contribution in [0.5, 0.6) is 0 Å². The van der Waals surface area contributed by atoms with Gasteiger partial charge in [0.2, 0.25) is 0 Å². The number of benzene rings is 5. The van der Waals surface area contributed by atoms with Crippen molar-refractivity contribution >= 4 is 67.4 Å². The molecule has 37 heavy (non-hydrogen) atoms. The monoisotopic (exact) mass is 476 g/mol. The molecule has 178 valence electrons. The van der Waals surface area contributed by atoms with Gasteiger partial charge in [-0.1, -0.05) is 66.7 Å². The predicted octanol–water partition coefficient (Wildman–Crippen LogP) is 6.08. The molecule has 0 spiro atoms. The Hall–Kier alpha value is -3.72. The van der Waals surface area contributed by atoms with Crippen LogP contribution in [0.15, 0.2) is 78.9 Å². The van der Waals surface area contributed by atoms with Crippen molar-refractivity contribution in [1.29, 1.82) is 0 Å². The summed E-state index contributed by atoms with van der Waals surface area (Å²) in [4.78, 5) is 5.40. The summed E-state index contributed by atoms with van der Waals surface area (Å²) in [7, 11) is 0. The van der Waals surface area contributed by atoms with Gasteiger partial charge in [0.1, 0.15) is 0 Å². The van der Waals surface area contributed by atoms with Crippen LogP contribution in [0, 0.1) is 0 Å². The Bertz CT molecular complexity index is 1640. The summed E-state index contributed by atoms with van der Waals surface area (Å²) in [6.45, 7) is 2.50. The molecular weight excluding hydrogens is 447 g/mol. The highest BCUT2D eigenvalue weighted by Crippen LogP contribution is 2.44. The Kier molecular flexibility index (Phi) is 4.08. The third kappa shape index (κ3) is 2.62. The summed E-state index contributed by atoms with van der Waals surface area (Å²) in [5.41, 5.74) is 13.6. The lowest BCUT2D eigenvalue weighted by Gasteiger charge is -2.45. The van der Waals surface area contributed by atoms with Crippen molar-refractivity contribution in [3.8, 4) is 0 Å². The zero-order valence-corrected chi connectivity index (χ0v) is 21.1. The summed E-state index contributed by atoms with van der Waals surface area (Å²) >= 11 is 0. The van der Waals surface area contributed by atoms with Crippen LogP contribution >= 0.6 is 0 Å². The number of rotatable bonds is 0. The maximum atomic E-state index is 2.70. The number of hydrogen-bond acceptors (Lipinski definition) is 2. The van der Waals surface area contributed by atoms with Crippen molar-refractivity contribution in [3.05, 3.63) is 90.0 Å². The molecule has 0 aromatic heterocycles. The minimum atomic E-state index is 0.284. The second-order valence-corrected chi connectivity index (χ2v) is 11.4. The molecule has 3 heteroatoms. The lowest BCUT2D eigenvalue weighted by molar-refractivity contribution is 0.760. The van der Waals surface area contributed by atoms with E-state index >= 15 is 0 Å². The largest absolute Gasteiger partial charge is 0.342 e. The van der Waals surface area contributed by atoms with E-state index in [9.17, 15) is 0 Å². The second-order valence-electron chi connectivity index (χ2n) is 11.4. The van der Waals surface area contributed by atoms with Gasteiger partial charge in [-0.15, -0.1) is 0 Å². The van der Waals surface area contributed by atoms with Gasteiger partial charge in [0.25, 0.3) is 6.71 Å². The number of hydrogen-bond donors (Lipinski definition) is 0. The molecule has 0 atom stereocenters. The van der Waals surface area contributed by atoms with Gasteiger partial charge in [-0.3, -0.25) is 0 Å². The van der Waals surface area contributed by atoms with Crippen molar-refractivity contribution in [2.75, 3.05) is 22.9 Å². The van der Waals surface area contributed by atoms with Gasteiger partial charge < -0.3 is 9.80 Å². The van der Waals surface area contributed by atoms with Gasteiger partial charge in [-0.05, 0) is 99.7 Å². The molecule has 4 aliphatic rings. The second kappa shape index (κ2) is 7.41. The molecule has 0 unspecified atom stereocenters. The molecule has 2 nitrogen and oxygen atoms in total. The molecule has 0 fully saturated rings. The molecule has 0 saturated heterocycles. The zero-order chi connectivity index (χ0) is 24.1. The Labute approximate surface area is 218 Å². The van der Waals surface area contributed by atoms with Crippen molar-refractivity contribution in [2.45, 2.75) is 38.5 Å². The highest BCUT2D eigenvalue weighted by Gasteiger charge is 2.44. The van der Waals surface area contributed by atoms with Crippen molar-refractivity contribution in [3.63, 3.8) is 0 Å². The first kappa shape index (κ1) is 20.4. The van der Waals surface area contributed by atoms with Crippen LogP contribution in [0.25, 0.3) is 21.5 Å². The van der Waals surface area contributed by atoms with E-state index in [0.717, 1.165) is 13.1 Å². The minimum absolute atomic E-state index is 0.284. The average Bonchev–Trinajstić information content (AvgIpc) is 3.31. The average molecular weight is 476 g/mol. The standard InChI is InChI=1S/C34H29BN2/c1-3-12-24-22(10-1)20-28-33-26(24)14-5-7-18-36(33)30-16-9-17-31-32(30)35(28)29-21-23-11-2-4-13-25(23)27-15-6-8-19-37(31)34(27)29/h1-4,9-13,16-17,20-21H,5-8,14-15,18-19H2. The van der Waals surface area contributed by atoms with Gasteiger partial charge in [-0.2, -0.15) is 0 Å². The smallest absolute Gasteiger partial charge is 0.252 e. The van der Waals surface area contributed by atoms with E-state index in [1.165, 1.54) is 99.2 Å². The highest BCUT2D eigenvalue weighted by atomic mass is 15.2. The molecule has 0 amide bonds. The van der Waals surface area contributed by atoms with Gasteiger partial charge in [0.15, 0.2) is 0 Å². The Balaban J connectivity index is 1.46. The van der Waals surface area contributed by atoms with E-state index in [1.54, 1.807) is 11.1 Å². The fourth-order valence-corrected chi connectivity index (χ4v) is 8.09. The van der Waals surface area contributed by atoms with Crippen molar-refractivity contribution in [2.24, 2.45) is 0 Å². The molecule has 4 aliphatic heterocycles.